The van der Waals surface area contributed by atoms with Gasteiger partial charge in [0, 0.05) is 20.2 Å². The predicted octanol–water partition coefficient (Wildman–Crippen LogP) is 1.83. The summed E-state index contributed by atoms with van der Waals surface area (Å²) in [6, 6.07) is 9.98. The van der Waals surface area contributed by atoms with Crippen molar-refractivity contribution in [2.24, 2.45) is 0 Å². The van der Waals surface area contributed by atoms with Gasteiger partial charge in [-0.2, -0.15) is 0 Å². The van der Waals surface area contributed by atoms with Crippen LogP contribution in [0, 0.1) is 6.92 Å². The van der Waals surface area contributed by atoms with E-state index in [2.05, 4.69) is 12.0 Å². The standard InChI is InChI=1S/C12H16N4/c1-9-4-6-10(7-5-9)16-11(13)8-12(14-16)15(2)3/h4-8H,13H2,1-3H3. The molecule has 0 aliphatic rings. The van der Waals surface area contributed by atoms with Crippen LogP contribution in [0.3, 0.4) is 0 Å². The number of nitrogens with two attached hydrogens (primary N) is 1. The van der Waals surface area contributed by atoms with Crippen LogP contribution in [0.2, 0.25) is 0 Å². The van der Waals surface area contributed by atoms with E-state index in [4.69, 9.17) is 5.73 Å². The molecule has 0 fully saturated rings. The van der Waals surface area contributed by atoms with Gasteiger partial charge < -0.3 is 10.6 Å². The van der Waals surface area contributed by atoms with E-state index in [0.717, 1.165) is 11.5 Å². The molecule has 0 radical (unpaired) electrons. The third-order valence-corrected chi connectivity index (χ3v) is 2.46. The van der Waals surface area contributed by atoms with Crippen LogP contribution in [-0.2, 0) is 0 Å². The Hall–Kier alpha value is -1.97. The molecule has 0 spiro atoms. The number of hydrogen-bond donors (Lipinski definition) is 1. The SMILES string of the molecule is Cc1ccc(-n2nc(N(C)C)cc2N)cc1. The molecule has 0 aliphatic heterocycles. The van der Waals surface area contributed by atoms with Gasteiger partial charge in [-0.1, -0.05) is 17.7 Å². The summed E-state index contributed by atoms with van der Waals surface area (Å²) in [6.45, 7) is 2.06. The number of nitrogen functional groups attached to an aromatic ring is 1. The number of anilines is 2. The summed E-state index contributed by atoms with van der Waals surface area (Å²) in [6.07, 6.45) is 0. The molecule has 0 aliphatic carbocycles. The lowest BCUT2D eigenvalue weighted by Gasteiger charge is -2.07. The molecule has 0 unspecified atom stereocenters. The Balaban J connectivity index is 2.44. The van der Waals surface area contributed by atoms with Gasteiger partial charge in [0.05, 0.1) is 5.69 Å². The van der Waals surface area contributed by atoms with E-state index in [1.54, 1.807) is 4.68 Å². The van der Waals surface area contributed by atoms with Crippen LogP contribution in [0.25, 0.3) is 5.69 Å². The minimum atomic E-state index is 0.646. The first-order chi connectivity index (χ1) is 7.58. The highest BCUT2D eigenvalue weighted by Crippen LogP contribution is 2.19. The van der Waals surface area contributed by atoms with E-state index in [1.165, 1.54) is 5.56 Å². The molecule has 4 heteroatoms. The van der Waals surface area contributed by atoms with Crippen molar-refractivity contribution in [1.82, 2.24) is 9.78 Å². The van der Waals surface area contributed by atoms with E-state index in [0.29, 0.717) is 5.82 Å². The minimum Gasteiger partial charge on any atom is -0.384 e. The predicted molar refractivity (Wildman–Crippen MR) is 67.0 cm³/mol. The summed E-state index contributed by atoms with van der Waals surface area (Å²) in [5.74, 6) is 1.51. The average molecular weight is 216 g/mol. The van der Waals surface area contributed by atoms with Gasteiger partial charge in [0.15, 0.2) is 5.82 Å². The summed E-state index contributed by atoms with van der Waals surface area (Å²) in [5, 5.41) is 4.43. The Morgan fingerprint density at radius 1 is 1.19 bits per heavy atom. The van der Waals surface area contributed by atoms with Crippen molar-refractivity contribution in [3.8, 4) is 5.69 Å². The van der Waals surface area contributed by atoms with Crippen molar-refractivity contribution in [1.29, 1.82) is 0 Å². The summed E-state index contributed by atoms with van der Waals surface area (Å²) in [4.78, 5) is 1.93. The van der Waals surface area contributed by atoms with Crippen molar-refractivity contribution in [3.05, 3.63) is 35.9 Å². The van der Waals surface area contributed by atoms with Crippen LogP contribution in [0.1, 0.15) is 5.56 Å². The van der Waals surface area contributed by atoms with Gasteiger partial charge in [0.25, 0.3) is 0 Å². The normalized spacial score (nSPS) is 10.4. The largest absolute Gasteiger partial charge is 0.384 e. The fourth-order valence-electron chi connectivity index (χ4n) is 1.49. The Kier molecular flexibility index (Phi) is 2.56. The van der Waals surface area contributed by atoms with Gasteiger partial charge in [-0.15, -0.1) is 5.10 Å². The molecule has 1 aromatic heterocycles. The van der Waals surface area contributed by atoms with Gasteiger partial charge in [-0.05, 0) is 19.1 Å². The van der Waals surface area contributed by atoms with E-state index < -0.39 is 0 Å². The molecular formula is C12H16N4. The summed E-state index contributed by atoms with van der Waals surface area (Å²) in [5.41, 5.74) is 8.13. The number of nitrogens with zero attached hydrogens (tertiary/aromatic N) is 3. The van der Waals surface area contributed by atoms with Crippen LogP contribution in [0.5, 0.6) is 0 Å². The molecule has 2 rings (SSSR count). The molecule has 1 aromatic carbocycles. The van der Waals surface area contributed by atoms with Crippen molar-refractivity contribution in [2.75, 3.05) is 24.7 Å². The zero-order chi connectivity index (χ0) is 11.7. The summed E-state index contributed by atoms with van der Waals surface area (Å²) >= 11 is 0. The van der Waals surface area contributed by atoms with Crippen LogP contribution in [0.4, 0.5) is 11.6 Å². The summed E-state index contributed by atoms with van der Waals surface area (Å²) in [7, 11) is 3.89. The van der Waals surface area contributed by atoms with Gasteiger partial charge in [0.2, 0.25) is 0 Å². The lowest BCUT2D eigenvalue weighted by molar-refractivity contribution is 0.874. The van der Waals surface area contributed by atoms with Gasteiger partial charge >= 0.3 is 0 Å². The zero-order valence-electron chi connectivity index (χ0n) is 9.81. The summed E-state index contributed by atoms with van der Waals surface area (Å²) < 4.78 is 1.74. The molecule has 84 valence electrons. The van der Waals surface area contributed by atoms with E-state index in [1.807, 2.05) is 49.3 Å². The first-order valence-electron chi connectivity index (χ1n) is 5.18. The smallest absolute Gasteiger partial charge is 0.152 e. The van der Waals surface area contributed by atoms with Crippen LogP contribution in [0.15, 0.2) is 30.3 Å². The Morgan fingerprint density at radius 2 is 1.81 bits per heavy atom. The minimum absolute atomic E-state index is 0.646. The fraction of sp³-hybridized carbons (Fsp3) is 0.250. The molecule has 16 heavy (non-hydrogen) atoms. The highest BCUT2D eigenvalue weighted by molar-refractivity contribution is 5.51. The zero-order valence-corrected chi connectivity index (χ0v) is 9.81. The number of hydrogen-bond acceptors (Lipinski definition) is 3. The molecule has 1 heterocycles. The highest BCUT2D eigenvalue weighted by Gasteiger charge is 2.07. The quantitative estimate of drug-likeness (QED) is 0.833. The first-order valence-corrected chi connectivity index (χ1v) is 5.18. The third-order valence-electron chi connectivity index (χ3n) is 2.46. The molecule has 0 saturated heterocycles. The Labute approximate surface area is 95.3 Å². The molecule has 2 aromatic rings. The van der Waals surface area contributed by atoms with Crippen molar-refractivity contribution < 1.29 is 0 Å². The third kappa shape index (κ3) is 1.86. The van der Waals surface area contributed by atoms with Gasteiger partial charge in [-0.25, -0.2) is 4.68 Å². The lowest BCUT2D eigenvalue weighted by atomic mass is 10.2. The Morgan fingerprint density at radius 3 is 2.31 bits per heavy atom. The van der Waals surface area contributed by atoms with Gasteiger partial charge in [-0.3, -0.25) is 0 Å². The van der Waals surface area contributed by atoms with Crippen molar-refractivity contribution in [3.63, 3.8) is 0 Å². The molecular weight excluding hydrogens is 200 g/mol. The molecule has 0 saturated carbocycles. The number of rotatable bonds is 2. The second-order valence-electron chi connectivity index (χ2n) is 4.07. The maximum atomic E-state index is 5.92. The second kappa shape index (κ2) is 3.89. The number of aromatic nitrogens is 2. The van der Waals surface area contributed by atoms with Crippen molar-refractivity contribution >= 4 is 11.6 Å². The molecule has 0 amide bonds. The molecule has 4 nitrogen and oxygen atoms in total. The topological polar surface area (TPSA) is 47.1 Å². The monoisotopic (exact) mass is 216 g/mol. The number of benzene rings is 1. The van der Waals surface area contributed by atoms with Crippen LogP contribution < -0.4 is 10.6 Å². The number of aryl methyl sites for hydroxylation is 1. The van der Waals surface area contributed by atoms with Gasteiger partial charge in [0.1, 0.15) is 5.82 Å². The van der Waals surface area contributed by atoms with E-state index in [-0.39, 0.29) is 0 Å². The second-order valence-corrected chi connectivity index (χ2v) is 4.07. The Bertz CT molecular complexity index is 482. The van der Waals surface area contributed by atoms with E-state index in [9.17, 15) is 0 Å². The molecule has 0 bridgehead atoms. The fourth-order valence-corrected chi connectivity index (χ4v) is 1.49. The highest BCUT2D eigenvalue weighted by atomic mass is 15.4. The average Bonchev–Trinajstić information content (AvgIpc) is 2.62. The molecule has 0 atom stereocenters. The van der Waals surface area contributed by atoms with Crippen molar-refractivity contribution in [2.45, 2.75) is 6.92 Å². The van der Waals surface area contributed by atoms with Crippen LogP contribution in [-0.4, -0.2) is 23.9 Å². The maximum absolute atomic E-state index is 5.92. The maximum Gasteiger partial charge on any atom is 0.152 e. The molecule has 2 N–H and O–H groups in total. The first kappa shape index (κ1) is 10.5. The van der Waals surface area contributed by atoms with Crippen LogP contribution >= 0.6 is 0 Å². The van der Waals surface area contributed by atoms with E-state index >= 15 is 0 Å². The lowest BCUT2D eigenvalue weighted by Crippen LogP contribution is -2.09.